The Morgan fingerprint density at radius 1 is 0.800 bits per heavy atom. The van der Waals surface area contributed by atoms with Crippen LogP contribution in [0.2, 0.25) is 0 Å². The lowest BCUT2D eigenvalue weighted by atomic mass is 9.96. The topological polar surface area (TPSA) is 23.6 Å². The summed E-state index contributed by atoms with van der Waals surface area (Å²) in [6, 6.07) is 30.0. The summed E-state index contributed by atoms with van der Waals surface area (Å²) >= 11 is 1.63. The SMILES string of the molecule is Cc1ccc(SCC(=O)N2CCN(C(c3ccccc3)c3ccccc3)CC2)cc1. The number of thioether (sulfide) groups is 1. The number of carbonyl (C=O) groups excluding carboxylic acids is 1. The molecule has 0 N–H and O–H groups in total. The predicted octanol–water partition coefficient (Wildman–Crippen LogP) is 5.02. The van der Waals surface area contributed by atoms with Gasteiger partial charge in [0.25, 0.3) is 0 Å². The number of nitrogens with zero attached hydrogens (tertiary/aromatic N) is 2. The van der Waals surface area contributed by atoms with Gasteiger partial charge in [-0.25, -0.2) is 0 Å². The van der Waals surface area contributed by atoms with Gasteiger partial charge < -0.3 is 4.90 Å². The fraction of sp³-hybridized carbons (Fsp3) is 0.269. The van der Waals surface area contributed by atoms with Gasteiger partial charge in [0.2, 0.25) is 5.91 Å². The molecule has 1 aliphatic rings. The van der Waals surface area contributed by atoms with Crippen LogP contribution in [0, 0.1) is 6.92 Å². The van der Waals surface area contributed by atoms with Gasteiger partial charge in [-0.3, -0.25) is 9.69 Å². The van der Waals surface area contributed by atoms with Gasteiger partial charge in [0.1, 0.15) is 0 Å². The maximum absolute atomic E-state index is 12.7. The molecule has 0 unspecified atom stereocenters. The van der Waals surface area contributed by atoms with Crippen LogP contribution in [0.3, 0.4) is 0 Å². The van der Waals surface area contributed by atoms with Crippen LogP contribution in [0.1, 0.15) is 22.7 Å². The van der Waals surface area contributed by atoms with Crippen LogP contribution in [0.4, 0.5) is 0 Å². The van der Waals surface area contributed by atoms with E-state index in [1.54, 1.807) is 11.8 Å². The highest BCUT2D eigenvalue weighted by Gasteiger charge is 2.28. The summed E-state index contributed by atoms with van der Waals surface area (Å²) in [5.74, 6) is 0.736. The summed E-state index contributed by atoms with van der Waals surface area (Å²) in [5, 5.41) is 0. The molecule has 4 heteroatoms. The first-order valence-corrected chi connectivity index (χ1v) is 11.5. The Balaban J connectivity index is 1.38. The molecular weight excluding hydrogens is 388 g/mol. The Morgan fingerprint density at radius 3 is 1.87 bits per heavy atom. The van der Waals surface area contributed by atoms with E-state index in [-0.39, 0.29) is 11.9 Å². The fourth-order valence-electron chi connectivity index (χ4n) is 3.99. The molecule has 0 saturated carbocycles. The van der Waals surface area contributed by atoms with Crippen molar-refractivity contribution in [1.29, 1.82) is 0 Å². The highest BCUT2D eigenvalue weighted by atomic mass is 32.2. The zero-order chi connectivity index (χ0) is 20.8. The molecule has 0 aromatic heterocycles. The number of aryl methyl sites for hydroxylation is 1. The van der Waals surface area contributed by atoms with Crippen LogP contribution in [0.25, 0.3) is 0 Å². The van der Waals surface area contributed by atoms with E-state index in [4.69, 9.17) is 0 Å². The maximum Gasteiger partial charge on any atom is 0.233 e. The molecule has 0 aliphatic carbocycles. The molecule has 0 radical (unpaired) electrons. The summed E-state index contributed by atoms with van der Waals surface area (Å²) in [4.78, 5) is 18.4. The molecule has 3 aromatic carbocycles. The third-order valence-corrected chi connectivity index (χ3v) is 6.64. The van der Waals surface area contributed by atoms with E-state index in [0.717, 1.165) is 31.1 Å². The molecule has 1 heterocycles. The number of carbonyl (C=O) groups is 1. The van der Waals surface area contributed by atoms with Crippen molar-refractivity contribution in [2.75, 3.05) is 31.9 Å². The Bertz CT molecular complexity index is 896. The molecule has 1 fully saturated rings. The monoisotopic (exact) mass is 416 g/mol. The van der Waals surface area contributed by atoms with Crippen molar-refractivity contribution in [2.24, 2.45) is 0 Å². The summed E-state index contributed by atoms with van der Waals surface area (Å²) < 4.78 is 0. The number of hydrogen-bond acceptors (Lipinski definition) is 3. The fourth-order valence-corrected chi connectivity index (χ4v) is 4.79. The number of piperazine rings is 1. The van der Waals surface area contributed by atoms with Crippen molar-refractivity contribution >= 4 is 17.7 Å². The Hall–Kier alpha value is -2.56. The van der Waals surface area contributed by atoms with Gasteiger partial charge in [-0.15, -0.1) is 11.8 Å². The zero-order valence-corrected chi connectivity index (χ0v) is 18.2. The molecule has 1 saturated heterocycles. The lowest BCUT2D eigenvalue weighted by Gasteiger charge is -2.39. The third-order valence-electron chi connectivity index (χ3n) is 5.65. The first kappa shape index (κ1) is 20.7. The van der Waals surface area contributed by atoms with Crippen molar-refractivity contribution in [3.8, 4) is 0 Å². The highest BCUT2D eigenvalue weighted by Crippen LogP contribution is 2.29. The van der Waals surface area contributed by atoms with Crippen molar-refractivity contribution in [2.45, 2.75) is 17.9 Å². The average molecular weight is 417 g/mol. The molecule has 0 spiro atoms. The predicted molar refractivity (Wildman–Crippen MR) is 125 cm³/mol. The second-order valence-electron chi connectivity index (χ2n) is 7.74. The van der Waals surface area contributed by atoms with Crippen LogP contribution in [0.15, 0.2) is 89.8 Å². The number of benzene rings is 3. The van der Waals surface area contributed by atoms with E-state index in [2.05, 4.69) is 96.8 Å². The Kier molecular flexibility index (Phi) is 6.88. The summed E-state index contributed by atoms with van der Waals surface area (Å²) in [6.07, 6.45) is 0. The molecule has 1 amide bonds. The average Bonchev–Trinajstić information content (AvgIpc) is 2.81. The first-order chi connectivity index (χ1) is 14.7. The first-order valence-electron chi connectivity index (χ1n) is 10.5. The molecule has 0 atom stereocenters. The van der Waals surface area contributed by atoms with Gasteiger partial charge in [-0.1, -0.05) is 78.4 Å². The summed E-state index contributed by atoms with van der Waals surface area (Å²) in [5.41, 5.74) is 3.85. The van der Waals surface area contributed by atoms with Crippen LogP contribution in [-0.4, -0.2) is 47.6 Å². The Morgan fingerprint density at radius 2 is 1.33 bits per heavy atom. The zero-order valence-electron chi connectivity index (χ0n) is 17.4. The summed E-state index contributed by atoms with van der Waals surface area (Å²) in [6.45, 7) is 5.41. The normalized spacial score (nSPS) is 14.8. The largest absolute Gasteiger partial charge is 0.339 e. The van der Waals surface area contributed by atoms with Gasteiger partial charge in [0.05, 0.1) is 11.8 Å². The van der Waals surface area contributed by atoms with E-state index in [0.29, 0.717) is 5.75 Å². The molecule has 4 rings (SSSR count). The van der Waals surface area contributed by atoms with E-state index in [9.17, 15) is 4.79 Å². The van der Waals surface area contributed by atoms with Gasteiger partial charge in [-0.2, -0.15) is 0 Å². The molecule has 3 nitrogen and oxygen atoms in total. The van der Waals surface area contributed by atoms with Crippen LogP contribution >= 0.6 is 11.8 Å². The van der Waals surface area contributed by atoms with Crippen molar-refractivity contribution < 1.29 is 4.79 Å². The van der Waals surface area contributed by atoms with Crippen LogP contribution in [-0.2, 0) is 4.79 Å². The molecule has 1 aliphatic heterocycles. The minimum atomic E-state index is 0.228. The van der Waals surface area contributed by atoms with Gasteiger partial charge in [0.15, 0.2) is 0 Å². The third kappa shape index (κ3) is 5.13. The smallest absolute Gasteiger partial charge is 0.233 e. The van der Waals surface area contributed by atoms with Crippen LogP contribution in [0.5, 0.6) is 0 Å². The summed E-state index contributed by atoms with van der Waals surface area (Å²) in [7, 11) is 0. The van der Waals surface area contributed by atoms with E-state index >= 15 is 0 Å². The molecule has 30 heavy (non-hydrogen) atoms. The Labute approximate surface area is 183 Å². The second-order valence-corrected chi connectivity index (χ2v) is 8.79. The number of hydrogen-bond donors (Lipinski definition) is 0. The van der Waals surface area contributed by atoms with E-state index in [1.165, 1.54) is 16.7 Å². The van der Waals surface area contributed by atoms with Gasteiger partial charge >= 0.3 is 0 Å². The standard InChI is InChI=1S/C26H28N2OS/c1-21-12-14-24(15-13-21)30-20-25(29)27-16-18-28(19-17-27)26(22-8-4-2-5-9-22)23-10-6-3-7-11-23/h2-15,26H,16-20H2,1H3. The molecule has 3 aromatic rings. The highest BCUT2D eigenvalue weighted by molar-refractivity contribution is 8.00. The van der Waals surface area contributed by atoms with Crippen molar-refractivity contribution in [3.05, 3.63) is 102 Å². The minimum Gasteiger partial charge on any atom is -0.339 e. The molecule has 154 valence electrons. The van der Waals surface area contributed by atoms with E-state index in [1.807, 2.05) is 4.90 Å². The second kappa shape index (κ2) is 9.96. The van der Waals surface area contributed by atoms with Crippen molar-refractivity contribution in [1.82, 2.24) is 9.80 Å². The lowest BCUT2D eigenvalue weighted by Crippen LogP contribution is -2.50. The maximum atomic E-state index is 12.7. The molecule has 0 bridgehead atoms. The van der Waals surface area contributed by atoms with Gasteiger partial charge in [-0.05, 0) is 30.2 Å². The van der Waals surface area contributed by atoms with E-state index < -0.39 is 0 Å². The quantitative estimate of drug-likeness (QED) is 0.527. The van der Waals surface area contributed by atoms with Crippen LogP contribution < -0.4 is 0 Å². The lowest BCUT2D eigenvalue weighted by molar-refractivity contribution is -0.130. The van der Waals surface area contributed by atoms with Gasteiger partial charge in [0, 0.05) is 31.1 Å². The number of amides is 1. The minimum absolute atomic E-state index is 0.228. The van der Waals surface area contributed by atoms with Crippen molar-refractivity contribution in [3.63, 3.8) is 0 Å². The number of rotatable bonds is 6. The molecular formula is C26H28N2OS.